The number of carbonyl (C=O) groups is 3. The van der Waals surface area contributed by atoms with Crippen LogP contribution in [0.4, 0.5) is 0 Å². The monoisotopic (exact) mass is 333 g/mol. The molecule has 1 aliphatic rings. The molecule has 1 aliphatic heterocycles. The van der Waals surface area contributed by atoms with E-state index in [9.17, 15) is 14.4 Å². The molecule has 0 saturated heterocycles. The number of rotatable bonds is 1. The molecule has 0 fully saturated rings. The van der Waals surface area contributed by atoms with Crippen LogP contribution in [0.5, 0.6) is 5.75 Å². The summed E-state index contributed by atoms with van der Waals surface area (Å²) in [6.07, 6.45) is 0. The summed E-state index contributed by atoms with van der Waals surface area (Å²) in [5.74, 6) is -1.44. The van der Waals surface area contributed by atoms with Crippen molar-refractivity contribution in [2.45, 2.75) is 6.92 Å². The first kappa shape index (κ1) is 12.8. The minimum Gasteiger partial charge on any atom is -0.425 e. The van der Waals surface area contributed by atoms with Crippen LogP contribution < -0.4 is 10.1 Å². The Kier molecular flexibility index (Phi) is 2.83. The van der Waals surface area contributed by atoms with Gasteiger partial charge >= 0.3 is 5.97 Å². The van der Waals surface area contributed by atoms with E-state index in [2.05, 4.69) is 21.2 Å². The zero-order chi connectivity index (χ0) is 14.4. The van der Waals surface area contributed by atoms with Gasteiger partial charge in [-0.1, -0.05) is 12.1 Å². The van der Waals surface area contributed by atoms with E-state index in [0.717, 1.165) is 5.39 Å². The lowest BCUT2D eigenvalue weighted by Crippen LogP contribution is -2.35. The van der Waals surface area contributed by atoms with Crippen molar-refractivity contribution in [1.82, 2.24) is 5.32 Å². The average molecular weight is 334 g/mol. The van der Waals surface area contributed by atoms with Crippen molar-refractivity contribution in [3.05, 3.63) is 39.9 Å². The number of hydrogen-bond donors (Lipinski definition) is 1. The second kappa shape index (κ2) is 4.42. The molecule has 20 heavy (non-hydrogen) atoms. The standard InChI is InChI=1S/C14H8BrNO4/c1-6(17)20-12-9(15)5-7-3-2-4-8-10(7)11(12)14(19)16-13(8)18/h2-5H,1H3,(H,16,18,19). The Morgan fingerprint density at radius 1 is 1.25 bits per heavy atom. The highest BCUT2D eigenvalue weighted by molar-refractivity contribution is 9.10. The zero-order valence-electron chi connectivity index (χ0n) is 10.3. The third-order valence-corrected chi connectivity index (χ3v) is 3.61. The number of halogens is 1. The number of hydrogen-bond acceptors (Lipinski definition) is 4. The molecule has 0 aliphatic carbocycles. The number of ether oxygens (including phenoxy) is 1. The highest BCUT2D eigenvalue weighted by Gasteiger charge is 2.30. The van der Waals surface area contributed by atoms with E-state index >= 15 is 0 Å². The molecule has 0 atom stereocenters. The van der Waals surface area contributed by atoms with Gasteiger partial charge in [0.2, 0.25) is 0 Å². The van der Waals surface area contributed by atoms with E-state index in [1.165, 1.54) is 6.92 Å². The van der Waals surface area contributed by atoms with E-state index in [1.807, 2.05) is 0 Å². The zero-order valence-corrected chi connectivity index (χ0v) is 11.9. The van der Waals surface area contributed by atoms with Gasteiger partial charge in [-0.05, 0) is 33.4 Å². The van der Waals surface area contributed by atoms with Gasteiger partial charge in [-0.25, -0.2) is 0 Å². The summed E-state index contributed by atoms with van der Waals surface area (Å²) >= 11 is 3.29. The Balaban J connectivity index is 2.46. The van der Waals surface area contributed by atoms with Crippen molar-refractivity contribution in [1.29, 1.82) is 0 Å². The molecule has 0 saturated carbocycles. The minimum atomic E-state index is -0.573. The lowest BCUT2D eigenvalue weighted by atomic mass is 9.94. The summed E-state index contributed by atoms with van der Waals surface area (Å²) in [5.41, 5.74) is 0.581. The molecule has 2 amide bonds. The van der Waals surface area contributed by atoms with Crippen molar-refractivity contribution in [3.8, 4) is 5.75 Å². The van der Waals surface area contributed by atoms with Gasteiger partial charge in [0, 0.05) is 17.9 Å². The molecule has 0 spiro atoms. The molecule has 2 aromatic rings. The highest BCUT2D eigenvalue weighted by atomic mass is 79.9. The third-order valence-electron chi connectivity index (χ3n) is 3.02. The van der Waals surface area contributed by atoms with E-state index in [-0.39, 0.29) is 11.3 Å². The van der Waals surface area contributed by atoms with Crippen LogP contribution in [0.15, 0.2) is 28.7 Å². The lowest BCUT2D eigenvalue weighted by Gasteiger charge is -2.19. The second-order valence-electron chi connectivity index (χ2n) is 4.34. The predicted octanol–water partition coefficient (Wildman–Crippen LogP) is 2.41. The van der Waals surface area contributed by atoms with E-state index in [0.29, 0.717) is 15.4 Å². The van der Waals surface area contributed by atoms with E-state index < -0.39 is 17.8 Å². The quantitative estimate of drug-likeness (QED) is 0.494. The molecule has 2 aromatic carbocycles. The molecule has 0 aromatic heterocycles. The van der Waals surface area contributed by atoms with Gasteiger partial charge in [0.1, 0.15) is 0 Å². The van der Waals surface area contributed by atoms with Crippen LogP contribution in [0.25, 0.3) is 10.8 Å². The van der Waals surface area contributed by atoms with Crippen molar-refractivity contribution < 1.29 is 19.1 Å². The van der Waals surface area contributed by atoms with Crippen molar-refractivity contribution in [3.63, 3.8) is 0 Å². The fourth-order valence-corrected chi connectivity index (χ4v) is 2.81. The molecular weight excluding hydrogens is 326 g/mol. The Bertz CT molecular complexity index is 797. The molecule has 0 bridgehead atoms. The van der Waals surface area contributed by atoms with E-state index in [1.54, 1.807) is 24.3 Å². The average Bonchev–Trinajstić information content (AvgIpc) is 2.37. The molecule has 5 nitrogen and oxygen atoms in total. The molecule has 0 unspecified atom stereocenters. The topological polar surface area (TPSA) is 72.5 Å². The fraction of sp³-hybridized carbons (Fsp3) is 0.0714. The molecule has 1 N–H and O–H groups in total. The molecule has 3 rings (SSSR count). The van der Waals surface area contributed by atoms with Gasteiger partial charge < -0.3 is 4.74 Å². The number of carbonyl (C=O) groups excluding carboxylic acids is 3. The second-order valence-corrected chi connectivity index (χ2v) is 5.20. The van der Waals surface area contributed by atoms with Gasteiger partial charge in [0.15, 0.2) is 5.75 Å². The van der Waals surface area contributed by atoms with Crippen molar-refractivity contribution >= 4 is 44.5 Å². The number of amides is 2. The maximum Gasteiger partial charge on any atom is 0.308 e. The molecule has 1 heterocycles. The lowest BCUT2D eigenvalue weighted by molar-refractivity contribution is -0.131. The summed E-state index contributed by atoms with van der Waals surface area (Å²) in [6, 6.07) is 6.86. The van der Waals surface area contributed by atoms with Crippen LogP contribution in [0, 0.1) is 0 Å². The van der Waals surface area contributed by atoms with Crippen molar-refractivity contribution in [2.24, 2.45) is 0 Å². The van der Waals surface area contributed by atoms with Crippen LogP contribution in [0.2, 0.25) is 0 Å². The number of nitrogens with one attached hydrogen (secondary N) is 1. The summed E-state index contributed by atoms with van der Waals surface area (Å²) in [4.78, 5) is 35.1. The van der Waals surface area contributed by atoms with Gasteiger partial charge in [-0.3, -0.25) is 19.7 Å². The maximum absolute atomic E-state index is 12.1. The summed E-state index contributed by atoms with van der Waals surface area (Å²) in [5, 5.41) is 3.47. The Hall–Kier alpha value is -2.21. The molecule has 100 valence electrons. The predicted molar refractivity (Wildman–Crippen MR) is 74.8 cm³/mol. The van der Waals surface area contributed by atoms with Crippen LogP contribution in [0.3, 0.4) is 0 Å². The van der Waals surface area contributed by atoms with Crippen LogP contribution >= 0.6 is 15.9 Å². The first-order chi connectivity index (χ1) is 9.49. The molecule has 6 heteroatoms. The number of esters is 1. The van der Waals surface area contributed by atoms with Crippen LogP contribution in [-0.2, 0) is 4.79 Å². The normalized spacial score (nSPS) is 13.3. The van der Waals surface area contributed by atoms with E-state index in [4.69, 9.17) is 4.74 Å². The van der Waals surface area contributed by atoms with Gasteiger partial charge in [-0.15, -0.1) is 0 Å². The molecular formula is C14H8BrNO4. The first-order valence-electron chi connectivity index (χ1n) is 5.78. The Labute approximate surface area is 122 Å². The number of benzene rings is 2. The summed E-state index contributed by atoms with van der Waals surface area (Å²) in [7, 11) is 0. The smallest absolute Gasteiger partial charge is 0.308 e. The number of imide groups is 1. The Morgan fingerprint density at radius 3 is 2.70 bits per heavy atom. The SMILES string of the molecule is CC(=O)Oc1c(Br)cc2cccc3c2c1C(=O)NC3=O. The largest absolute Gasteiger partial charge is 0.425 e. The van der Waals surface area contributed by atoms with Crippen molar-refractivity contribution in [2.75, 3.05) is 0 Å². The third kappa shape index (κ3) is 1.80. The maximum atomic E-state index is 12.1. The molecule has 0 radical (unpaired) electrons. The van der Waals surface area contributed by atoms with Crippen LogP contribution in [0.1, 0.15) is 27.6 Å². The van der Waals surface area contributed by atoms with Gasteiger partial charge in [0.05, 0.1) is 10.0 Å². The van der Waals surface area contributed by atoms with Gasteiger partial charge in [-0.2, -0.15) is 0 Å². The summed E-state index contributed by atoms with van der Waals surface area (Å²) in [6.45, 7) is 1.25. The first-order valence-corrected chi connectivity index (χ1v) is 6.57. The van der Waals surface area contributed by atoms with Gasteiger partial charge in [0.25, 0.3) is 11.8 Å². The minimum absolute atomic E-state index is 0.127. The highest BCUT2D eigenvalue weighted by Crippen LogP contribution is 2.39. The van der Waals surface area contributed by atoms with Crippen LogP contribution in [-0.4, -0.2) is 17.8 Å². The summed E-state index contributed by atoms with van der Waals surface area (Å²) < 4.78 is 5.59. The Morgan fingerprint density at radius 2 is 2.00 bits per heavy atom. The fourth-order valence-electron chi connectivity index (χ4n) is 2.29.